The number of amides is 2. The number of nitrogens with two attached hydrogens (primary N) is 1. The van der Waals surface area contributed by atoms with Crippen molar-refractivity contribution in [3.63, 3.8) is 0 Å². The smallest absolute Gasteiger partial charge is 0.316 e. The topological polar surface area (TPSA) is 89.7 Å². The quantitative estimate of drug-likeness (QED) is 0.387. The maximum atomic E-state index is 12.6. The molecule has 3 rings (SSSR count). The van der Waals surface area contributed by atoms with Gasteiger partial charge in [-0.3, -0.25) is 14.4 Å². The van der Waals surface area contributed by atoms with Crippen molar-refractivity contribution in [1.82, 2.24) is 0 Å². The van der Waals surface area contributed by atoms with Gasteiger partial charge in [-0.05, 0) is 29.7 Å². The lowest BCUT2D eigenvalue weighted by molar-refractivity contribution is -0.145. The number of thioether (sulfide) groups is 1. The molecular formula is C23H21ClN2O4S. The van der Waals surface area contributed by atoms with Crippen molar-refractivity contribution in [2.45, 2.75) is 11.3 Å². The lowest BCUT2D eigenvalue weighted by Gasteiger charge is -2.22. The van der Waals surface area contributed by atoms with Gasteiger partial charge in [0.25, 0.3) is 5.91 Å². The second-order valence-electron chi connectivity index (χ2n) is 6.64. The minimum Gasteiger partial charge on any atom is -0.455 e. The van der Waals surface area contributed by atoms with E-state index < -0.39 is 24.4 Å². The van der Waals surface area contributed by atoms with Crippen LogP contribution in [0, 0.1) is 0 Å². The summed E-state index contributed by atoms with van der Waals surface area (Å²) in [5.74, 6) is -1.44. The van der Waals surface area contributed by atoms with E-state index in [0.717, 1.165) is 15.7 Å². The minimum atomic E-state index is -0.523. The highest BCUT2D eigenvalue weighted by atomic mass is 35.5. The summed E-state index contributed by atoms with van der Waals surface area (Å²) in [5, 5.41) is 2.47. The van der Waals surface area contributed by atoms with Gasteiger partial charge in [0.05, 0.1) is 5.75 Å². The molecule has 8 heteroatoms. The van der Waals surface area contributed by atoms with Gasteiger partial charge in [-0.1, -0.05) is 54.1 Å². The van der Waals surface area contributed by atoms with Crippen LogP contribution >= 0.6 is 23.4 Å². The molecule has 0 aliphatic carbocycles. The Morgan fingerprint density at radius 1 is 0.968 bits per heavy atom. The largest absolute Gasteiger partial charge is 0.455 e. The number of anilines is 1. The van der Waals surface area contributed by atoms with E-state index in [1.54, 1.807) is 30.3 Å². The fraction of sp³-hybridized carbons (Fsp3) is 0.174. The number of hydrogen-bond donors (Lipinski definition) is 1. The second-order valence-corrected chi connectivity index (χ2v) is 8.07. The average Bonchev–Trinajstić information content (AvgIpc) is 2.77. The number of carbonyl (C=O) groups is 3. The first-order valence-electron chi connectivity index (χ1n) is 9.55. The van der Waals surface area contributed by atoms with Gasteiger partial charge in [0.15, 0.2) is 6.61 Å². The molecule has 0 radical (unpaired) electrons. The monoisotopic (exact) mass is 456 g/mol. The molecule has 0 spiro atoms. The number of halogens is 1. The van der Waals surface area contributed by atoms with Crippen molar-refractivity contribution in [3.05, 3.63) is 71.8 Å². The lowest BCUT2D eigenvalue weighted by Crippen LogP contribution is -2.37. The molecule has 0 saturated carbocycles. The third-order valence-corrected chi connectivity index (χ3v) is 5.81. The Morgan fingerprint density at radius 2 is 1.68 bits per heavy atom. The normalized spacial score (nSPS) is 10.6. The van der Waals surface area contributed by atoms with Crippen molar-refractivity contribution in [3.8, 4) is 0 Å². The molecule has 6 nitrogen and oxygen atoms in total. The van der Waals surface area contributed by atoms with Gasteiger partial charge in [0.2, 0.25) is 5.91 Å². The summed E-state index contributed by atoms with van der Waals surface area (Å²) in [6.45, 7) is -0.317. The predicted octanol–water partition coefficient (Wildman–Crippen LogP) is 4.04. The summed E-state index contributed by atoms with van der Waals surface area (Å²) in [4.78, 5) is 38.3. The van der Waals surface area contributed by atoms with Crippen molar-refractivity contribution in [2.75, 3.05) is 23.8 Å². The molecule has 0 bridgehead atoms. The highest BCUT2D eigenvalue weighted by molar-refractivity contribution is 8.00. The van der Waals surface area contributed by atoms with Crippen LogP contribution in [0.3, 0.4) is 0 Å². The zero-order valence-corrected chi connectivity index (χ0v) is 18.2. The Labute approximate surface area is 189 Å². The van der Waals surface area contributed by atoms with Crippen LogP contribution in [-0.4, -0.2) is 36.7 Å². The van der Waals surface area contributed by atoms with Crippen LogP contribution < -0.4 is 10.6 Å². The summed E-state index contributed by atoms with van der Waals surface area (Å²) in [5.41, 5.74) is 5.81. The Balaban J connectivity index is 1.59. The van der Waals surface area contributed by atoms with Crippen molar-refractivity contribution < 1.29 is 19.1 Å². The van der Waals surface area contributed by atoms with Gasteiger partial charge in [0.1, 0.15) is 0 Å². The van der Waals surface area contributed by atoms with Crippen molar-refractivity contribution in [2.24, 2.45) is 5.73 Å². The SMILES string of the molecule is NC(=O)CCN(C(=O)COC(=O)CSc1cccc2cccc(Cl)c12)c1ccccc1. The molecule has 0 unspecified atom stereocenters. The van der Waals surface area contributed by atoms with Crippen molar-refractivity contribution >= 4 is 57.6 Å². The molecule has 31 heavy (non-hydrogen) atoms. The van der Waals surface area contributed by atoms with E-state index in [1.165, 1.54) is 16.7 Å². The number of nitrogens with zero attached hydrogens (tertiary/aromatic N) is 1. The summed E-state index contributed by atoms with van der Waals surface area (Å²) in [7, 11) is 0. The minimum absolute atomic E-state index is 0.00622. The zero-order chi connectivity index (χ0) is 22.2. The average molecular weight is 457 g/mol. The molecule has 160 valence electrons. The summed E-state index contributed by atoms with van der Waals surface area (Å²) in [6.07, 6.45) is 0.00622. The number of primary amides is 1. The van der Waals surface area contributed by atoms with E-state index in [0.29, 0.717) is 10.7 Å². The van der Waals surface area contributed by atoms with Gasteiger partial charge >= 0.3 is 5.97 Å². The molecule has 2 amide bonds. The third kappa shape index (κ3) is 6.23. The molecule has 0 atom stereocenters. The summed E-state index contributed by atoms with van der Waals surface area (Å²) >= 11 is 7.61. The molecule has 0 saturated heterocycles. The van der Waals surface area contributed by atoms with E-state index >= 15 is 0 Å². The van der Waals surface area contributed by atoms with Crippen LogP contribution in [0.25, 0.3) is 10.8 Å². The van der Waals surface area contributed by atoms with Crippen LogP contribution in [-0.2, 0) is 19.1 Å². The zero-order valence-electron chi connectivity index (χ0n) is 16.6. The summed E-state index contributed by atoms with van der Waals surface area (Å²) in [6, 6.07) is 20.2. The predicted molar refractivity (Wildman–Crippen MR) is 123 cm³/mol. The maximum absolute atomic E-state index is 12.6. The van der Waals surface area contributed by atoms with Gasteiger partial charge in [-0.2, -0.15) is 0 Å². The van der Waals surface area contributed by atoms with E-state index in [2.05, 4.69) is 0 Å². The molecule has 2 N–H and O–H groups in total. The fourth-order valence-electron chi connectivity index (χ4n) is 3.01. The molecule has 3 aromatic carbocycles. The molecule has 0 fully saturated rings. The van der Waals surface area contributed by atoms with E-state index in [4.69, 9.17) is 22.1 Å². The first-order valence-corrected chi connectivity index (χ1v) is 10.9. The van der Waals surface area contributed by atoms with E-state index in [9.17, 15) is 14.4 Å². The molecule has 0 aliphatic rings. The lowest BCUT2D eigenvalue weighted by atomic mass is 10.1. The standard InChI is InChI=1S/C23H21ClN2O4S/c24-18-10-4-6-16-7-5-11-19(23(16)18)31-15-22(29)30-14-21(28)26(13-12-20(25)27)17-8-2-1-3-9-17/h1-11H,12-15H2,(H2,25,27). The molecule has 0 aromatic heterocycles. The van der Waals surface area contributed by atoms with E-state index in [1.807, 2.05) is 36.4 Å². The van der Waals surface area contributed by atoms with Gasteiger partial charge in [-0.15, -0.1) is 11.8 Å². The van der Waals surface area contributed by atoms with Gasteiger partial charge in [-0.25, -0.2) is 0 Å². The molecular weight excluding hydrogens is 436 g/mol. The van der Waals surface area contributed by atoms with Crippen LogP contribution in [0.15, 0.2) is 71.6 Å². The number of hydrogen-bond acceptors (Lipinski definition) is 5. The van der Waals surface area contributed by atoms with Gasteiger partial charge < -0.3 is 15.4 Å². The molecule has 0 heterocycles. The number of carbonyl (C=O) groups excluding carboxylic acids is 3. The number of para-hydroxylation sites is 1. The second kappa shape index (κ2) is 10.8. The Morgan fingerprint density at radius 3 is 2.39 bits per heavy atom. The maximum Gasteiger partial charge on any atom is 0.316 e. The highest BCUT2D eigenvalue weighted by Gasteiger charge is 2.18. The Hall–Kier alpha value is -3.03. The number of ether oxygens (including phenoxy) is 1. The summed E-state index contributed by atoms with van der Waals surface area (Å²) < 4.78 is 5.18. The fourth-order valence-corrected chi connectivity index (χ4v) is 4.25. The molecule has 3 aromatic rings. The third-order valence-electron chi connectivity index (χ3n) is 4.47. The number of esters is 1. The highest BCUT2D eigenvalue weighted by Crippen LogP contribution is 2.33. The van der Waals surface area contributed by atoms with Gasteiger partial charge in [0, 0.05) is 34.0 Å². The van der Waals surface area contributed by atoms with E-state index in [-0.39, 0.29) is 18.7 Å². The first-order chi connectivity index (χ1) is 15.0. The van der Waals surface area contributed by atoms with Crippen molar-refractivity contribution in [1.29, 1.82) is 0 Å². The number of benzene rings is 3. The number of rotatable bonds is 9. The van der Waals surface area contributed by atoms with Crippen LogP contribution in [0.2, 0.25) is 5.02 Å². The van der Waals surface area contributed by atoms with Crippen LogP contribution in [0.4, 0.5) is 5.69 Å². The Kier molecular flexibility index (Phi) is 7.92. The van der Waals surface area contributed by atoms with Crippen LogP contribution in [0.5, 0.6) is 0 Å². The number of fused-ring (bicyclic) bond motifs is 1. The first kappa shape index (κ1) is 22.7. The Bertz CT molecular complexity index is 1090. The molecule has 0 aliphatic heterocycles. The van der Waals surface area contributed by atoms with Crippen LogP contribution in [0.1, 0.15) is 6.42 Å².